The van der Waals surface area contributed by atoms with E-state index in [0.717, 1.165) is 30.6 Å². The van der Waals surface area contributed by atoms with Gasteiger partial charge in [0.2, 0.25) is 5.91 Å². The first-order valence-corrected chi connectivity index (χ1v) is 8.48. The number of amides is 4. The Kier molecular flexibility index (Phi) is 3.49. The molecule has 3 fully saturated rings. The normalized spacial score (nSPS) is 21.6. The van der Waals surface area contributed by atoms with E-state index in [0.29, 0.717) is 11.3 Å². The van der Waals surface area contributed by atoms with Gasteiger partial charge < -0.3 is 10.6 Å². The summed E-state index contributed by atoms with van der Waals surface area (Å²) in [7, 11) is 0. The van der Waals surface area contributed by atoms with Crippen molar-refractivity contribution in [2.45, 2.75) is 31.2 Å². The molecule has 1 aromatic carbocycles. The highest BCUT2D eigenvalue weighted by Crippen LogP contribution is 2.54. The lowest BCUT2D eigenvalue weighted by Gasteiger charge is -2.26. The van der Waals surface area contributed by atoms with Crippen LogP contribution in [0.25, 0.3) is 0 Å². The van der Waals surface area contributed by atoms with Gasteiger partial charge in [0.25, 0.3) is 5.91 Å². The molecule has 1 aromatic rings. The van der Waals surface area contributed by atoms with Crippen molar-refractivity contribution in [2.24, 2.45) is 11.8 Å². The number of anilines is 1. The molecular formula is C18H18N4O3. The van der Waals surface area contributed by atoms with E-state index >= 15 is 0 Å². The summed E-state index contributed by atoms with van der Waals surface area (Å²) in [6.45, 7) is -0.317. The number of imide groups is 1. The zero-order chi connectivity index (χ0) is 17.6. The topological polar surface area (TPSA) is 102 Å². The van der Waals surface area contributed by atoms with E-state index in [1.54, 1.807) is 24.3 Å². The van der Waals surface area contributed by atoms with Gasteiger partial charge in [0.1, 0.15) is 12.1 Å². The molecule has 0 bridgehead atoms. The highest BCUT2D eigenvalue weighted by atomic mass is 16.2. The fourth-order valence-corrected chi connectivity index (χ4v) is 3.73. The van der Waals surface area contributed by atoms with Crippen LogP contribution in [-0.2, 0) is 9.59 Å². The van der Waals surface area contributed by atoms with Gasteiger partial charge in [0, 0.05) is 5.69 Å². The zero-order valence-electron chi connectivity index (χ0n) is 13.6. The van der Waals surface area contributed by atoms with Gasteiger partial charge in [0.15, 0.2) is 0 Å². The first-order chi connectivity index (χ1) is 12.0. The highest BCUT2D eigenvalue weighted by Gasteiger charge is 2.65. The number of benzene rings is 1. The van der Waals surface area contributed by atoms with Crippen molar-refractivity contribution in [2.75, 3.05) is 11.9 Å². The molecule has 0 aromatic heterocycles. The lowest BCUT2D eigenvalue weighted by Crippen LogP contribution is -2.51. The monoisotopic (exact) mass is 338 g/mol. The van der Waals surface area contributed by atoms with Crippen LogP contribution in [0.5, 0.6) is 0 Å². The first-order valence-electron chi connectivity index (χ1n) is 8.48. The van der Waals surface area contributed by atoms with Crippen LogP contribution in [0, 0.1) is 23.2 Å². The van der Waals surface area contributed by atoms with Gasteiger partial charge in [-0.05, 0) is 55.7 Å². The van der Waals surface area contributed by atoms with Gasteiger partial charge in [-0.2, -0.15) is 5.26 Å². The number of carbonyl (C=O) groups excluding carboxylic acids is 3. The van der Waals surface area contributed by atoms with Gasteiger partial charge in [-0.15, -0.1) is 0 Å². The number of nitriles is 1. The number of hydrogen-bond donors (Lipinski definition) is 2. The number of carbonyl (C=O) groups is 3. The first kappa shape index (κ1) is 15.6. The van der Waals surface area contributed by atoms with Crippen molar-refractivity contribution in [1.29, 1.82) is 5.26 Å². The molecular weight excluding hydrogens is 320 g/mol. The zero-order valence-corrected chi connectivity index (χ0v) is 13.6. The number of urea groups is 1. The summed E-state index contributed by atoms with van der Waals surface area (Å²) in [5.74, 6) is -0.307. The van der Waals surface area contributed by atoms with Gasteiger partial charge in [-0.25, -0.2) is 4.79 Å². The smallest absolute Gasteiger partial charge is 0.324 e. The molecule has 2 saturated carbocycles. The molecule has 2 aliphatic carbocycles. The molecule has 1 saturated heterocycles. The predicted octanol–water partition coefficient (Wildman–Crippen LogP) is 1.61. The molecule has 1 heterocycles. The molecule has 0 radical (unpaired) electrons. The molecule has 7 heteroatoms. The summed E-state index contributed by atoms with van der Waals surface area (Å²) in [5, 5.41) is 14.4. The second kappa shape index (κ2) is 5.59. The molecule has 25 heavy (non-hydrogen) atoms. The average molecular weight is 338 g/mol. The molecule has 7 nitrogen and oxygen atoms in total. The van der Waals surface area contributed by atoms with Crippen LogP contribution in [0.4, 0.5) is 10.5 Å². The van der Waals surface area contributed by atoms with Gasteiger partial charge in [0.05, 0.1) is 11.6 Å². The summed E-state index contributed by atoms with van der Waals surface area (Å²) in [5.41, 5.74) is 0.110. The van der Waals surface area contributed by atoms with Gasteiger partial charge in [-0.3, -0.25) is 14.5 Å². The Morgan fingerprint density at radius 2 is 1.96 bits per heavy atom. The lowest BCUT2D eigenvalue weighted by atomic mass is 9.87. The molecule has 128 valence electrons. The van der Waals surface area contributed by atoms with Gasteiger partial charge in [-0.1, -0.05) is 6.07 Å². The SMILES string of the molecule is N#Cc1cccc(NC(=O)CN2C(=O)NC(C3CC3)(C3CC3)C2=O)c1. The summed E-state index contributed by atoms with van der Waals surface area (Å²) >= 11 is 0. The third-order valence-corrected chi connectivity index (χ3v) is 5.18. The maximum Gasteiger partial charge on any atom is 0.325 e. The Morgan fingerprint density at radius 1 is 1.28 bits per heavy atom. The van der Waals surface area contributed by atoms with Crippen LogP contribution in [0.15, 0.2) is 24.3 Å². The van der Waals surface area contributed by atoms with Crippen LogP contribution in [0.3, 0.4) is 0 Å². The Bertz CT molecular complexity index is 793. The molecule has 3 aliphatic rings. The number of nitrogens with zero attached hydrogens (tertiary/aromatic N) is 2. The molecule has 1 aliphatic heterocycles. The molecule has 2 N–H and O–H groups in total. The maximum absolute atomic E-state index is 12.9. The lowest BCUT2D eigenvalue weighted by molar-refractivity contribution is -0.135. The third kappa shape index (κ3) is 2.64. The average Bonchev–Trinajstić information content (AvgIpc) is 3.48. The largest absolute Gasteiger partial charge is 0.325 e. The summed E-state index contributed by atoms with van der Waals surface area (Å²) in [4.78, 5) is 38.5. The fraction of sp³-hybridized carbons (Fsp3) is 0.444. The standard InChI is InChI=1S/C18H18N4O3/c19-9-11-2-1-3-14(8-11)20-15(23)10-22-16(24)18(12-4-5-12,13-6-7-13)21-17(22)25/h1-3,8,12-13H,4-7,10H2,(H,20,23)(H,21,25). The molecule has 0 atom stereocenters. The van der Waals surface area contributed by atoms with E-state index < -0.39 is 17.5 Å². The van der Waals surface area contributed by atoms with Crippen LogP contribution < -0.4 is 10.6 Å². The van der Waals surface area contributed by atoms with Crippen molar-refractivity contribution in [1.82, 2.24) is 10.2 Å². The fourth-order valence-electron chi connectivity index (χ4n) is 3.73. The second-order valence-electron chi connectivity index (χ2n) is 6.98. The Labute approximate surface area is 145 Å². The molecule has 0 spiro atoms. The minimum absolute atomic E-state index is 0.205. The predicted molar refractivity (Wildman–Crippen MR) is 88.2 cm³/mol. The van der Waals surface area contributed by atoms with Crippen LogP contribution in [-0.4, -0.2) is 34.8 Å². The third-order valence-electron chi connectivity index (χ3n) is 5.18. The van der Waals surface area contributed by atoms with E-state index in [9.17, 15) is 14.4 Å². The van der Waals surface area contributed by atoms with Crippen molar-refractivity contribution >= 4 is 23.5 Å². The van der Waals surface area contributed by atoms with Crippen molar-refractivity contribution in [3.8, 4) is 6.07 Å². The maximum atomic E-state index is 12.9. The molecule has 0 unspecified atom stereocenters. The van der Waals surface area contributed by atoms with E-state index in [-0.39, 0.29) is 24.3 Å². The number of nitrogens with one attached hydrogen (secondary N) is 2. The molecule has 4 rings (SSSR count). The van der Waals surface area contributed by atoms with E-state index in [1.807, 2.05) is 6.07 Å². The van der Waals surface area contributed by atoms with Crippen molar-refractivity contribution in [3.05, 3.63) is 29.8 Å². The van der Waals surface area contributed by atoms with Gasteiger partial charge >= 0.3 is 6.03 Å². The summed E-state index contributed by atoms with van der Waals surface area (Å²) in [6.07, 6.45) is 3.79. The van der Waals surface area contributed by atoms with Crippen molar-refractivity contribution < 1.29 is 14.4 Å². The summed E-state index contributed by atoms with van der Waals surface area (Å²) in [6, 6.07) is 8.01. The summed E-state index contributed by atoms with van der Waals surface area (Å²) < 4.78 is 0. The van der Waals surface area contributed by atoms with E-state index in [2.05, 4.69) is 10.6 Å². The Hall–Kier alpha value is -2.88. The highest BCUT2D eigenvalue weighted by molar-refractivity contribution is 6.10. The number of hydrogen-bond acceptors (Lipinski definition) is 4. The minimum Gasteiger partial charge on any atom is -0.324 e. The van der Waals surface area contributed by atoms with Crippen molar-refractivity contribution in [3.63, 3.8) is 0 Å². The Morgan fingerprint density at radius 3 is 2.56 bits per heavy atom. The van der Waals surface area contributed by atoms with Crippen LogP contribution in [0.2, 0.25) is 0 Å². The number of rotatable bonds is 5. The van der Waals surface area contributed by atoms with E-state index in [1.165, 1.54) is 0 Å². The Balaban J connectivity index is 1.47. The van der Waals surface area contributed by atoms with Crippen LogP contribution in [0.1, 0.15) is 31.2 Å². The quantitative estimate of drug-likeness (QED) is 0.796. The minimum atomic E-state index is -0.780. The second-order valence-corrected chi connectivity index (χ2v) is 6.98. The molecule has 4 amide bonds. The van der Waals surface area contributed by atoms with Crippen LogP contribution >= 0.6 is 0 Å². The van der Waals surface area contributed by atoms with E-state index in [4.69, 9.17) is 5.26 Å².